The van der Waals surface area contributed by atoms with E-state index in [1.807, 2.05) is 40.7 Å². The monoisotopic (exact) mass is 417 g/mol. The maximum absolute atomic E-state index is 12.7. The summed E-state index contributed by atoms with van der Waals surface area (Å²) in [6.07, 6.45) is 3.64. The maximum atomic E-state index is 12.7. The van der Waals surface area contributed by atoms with Crippen molar-refractivity contribution in [3.05, 3.63) is 35.1 Å². The zero-order chi connectivity index (χ0) is 22.0. The Bertz CT molecular complexity index is 900. The summed E-state index contributed by atoms with van der Waals surface area (Å²) in [7, 11) is 0. The van der Waals surface area contributed by atoms with E-state index in [0.717, 1.165) is 5.57 Å². The highest BCUT2D eigenvalue weighted by Crippen LogP contribution is 2.57. The molecule has 0 radical (unpaired) electrons. The van der Waals surface area contributed by atoms with Gasteiger partial charge < -0.3 is 24.6 Å². The Morgan fingerprint density at radius 1 is 1.20 bits per heavy atom. The molecule has 0 aromatic rings. The second-order valence-electron chi connectivity index (χ2n) is 8.90. The van der Waals surface area contributed by atoms with E-state index < -0.39 is 35.3 Å². The predicted molar refractivity (Wildman–Crippen MR) is 105 cm³/mol. The van der Waals surface area contributed by atoms with E-state index in [2.05, 4.69) is 5.32 Å². The van der Waals surface area contributed by atoms with E-state index in [1.54, 1.807) is 6.08 Å². The first kappa shape index (κ1) is 21.0. The van der Waals surface area contributed by atoms with Gasteiger partial charge in [-0.05, 0) is 26.8 Å². The summed E-state index contributed by atoms with van der Waals surface area (Å²) in [5, 5.41) is 12.5. The van der Waals surface area contributed by atoms with Crippen LogP contribution in [0.4, 0.5) is 0 Å². The van der Waals surface area contributed by atoms with Crippen molar-refractivity contribution in [2.75, 3.05) is 6.54 Å². The van der Waals surface area contributed by atoms with Gasteiger partial charge >= 0.3 is 0 Å². The van der Waals surface area contributed by atoms with Crippen LogP contribution in [-0.4, -0.2) is 58.8 Å². The van der Waals surface area contributed by atoms with Gasteiger partial charge in [0.1, 0.15) is 17.4 Å². The summed E-state index contributed by atoms with van der Waals surface area (Å²) in [4.78, 5) is 36.0. The zero-order valence-corrected chi connectivity index (χ0v) is 17.7. The molecule has 8 heteroatoms. The van der Waals surface area contributed by atoms with Gasteiger partial charge in [0.25, 0.3) is 5.91 Å². The predicted octanol–water partition coefficient (Wildman–Crippen LogP) is 1.51. The molecule has 6 unspecified atom stereocenters. The Kier molecular flexibility index (Phi) is 4.80. The smallest absolute Gasteiger partial charge is 0.259 e. The second-order valence-corrected chi connectivity index (χ2v) is 8.90. The summed E-state index contributed by atoms with van der Waals surface area (Å²) in [5.41, 5.74) is -0.167. The van der Waals surface area contributed by atoms with Crippen molar-refractivity contribution in [2.45, 2.75) is 64.3 Å². The normalized spacial score (nSPS) is 43.5. The molecular weight excluding hydrogens is 390 g/mol. The number of carbonyl (C=O) groups is 3. The number of hydrogen-bond acceptors (Lipinski definition) is 7. The minimum atomic E-state index is -0.988. The van der Waals surface area contributed by atoms with Crippen molar-refractivity contribution in [3.63, 3.8) is 0 Å². The molecule has 2 bridgehead atoms. The third-order valence-corrected chi connectivity index (χ3v) is 6.67. The molecule has 4 fully saturated rings. The number of nitrogens with one attached hydrogen (secondary N) is 1. The van der Waals surface area contributed by atoms with Gasteiger partial charge in [-0.1, -0.05) is 31.6 Å². The number of carbonyl (C=O) groups excluding carboxylic acids is 3. The summed E-state index contributed by atoms with van der Waals surface area (Å²) >= 11 is 0. The number of hydrogen-bond donors (Lipinski definition) is 2. The number of epoxide rings is 1. The molecule has 1 amide bonds. The molecule has 0 aromatic carbocycles. The standard InChI is InChI=1S/C22H27NO7/c1-10(6-7-13(24)15-14(25)9-23-20(15)27)8-11(2)17-12(3)18-16(26)19-21(4,30-19)22(5,28-17)29-18/h6-8,11-12,17-19,24H,9H2,1-5H3,(H,23,27)/t11?,12?,17?,18?,19?,21?,22-/m1/s1. The SMILES string of the molecule is CC(C=CC(O)=C1C(=O)CNC1=O)=CC(C)C1O[C@]2(C)OC(C(=O)C3OC32C)C1C. The fraction of sp³-hybridized carbons (Fsp3) is 0.591. The zero-order valence-electron chi connectivity index (χ0n) is 17.7. The highest BCUT2D eigenvalue weighted by Gasteiger charge is 2.76. The van der Waals surface area contributed by atoms with E-state index in [1.165, 1.54) is 6.08 Å². The quantitative estimate of drug-likeness (QED) is 0.234. The van der Waals surface area contributed by atoms with E-state index in [9.17, 15) is 19.5 Å². The maximum Gasteiger partial charge on any atom is 0.259 e. The number of amides is 1. The van der Waals surface area contributed by atoms with Crippen molar-refractivity contribution in [1.82, 2.24) is 5.32 Å². The number of ketones is 2. The molecule has 162 valence electrons. The lowest BCUT2D eigenvalue weighted by atomic mass is 9.78. The van der Waals surface area contributed by atoms with E-state index in [4.69, 9.17) is 14.2 Å². The topological polar surface area (TPSA) is 114 Å². The molecule has 4 rings (SSSR count). The van der Waals surface area contributed by atoms with Crippen LogP contribution in [0.15, 0.2) is 35.1 Å². The molecule has 4 aliphatic rings. The third-order valence-electron chi connectivity index (χ3n) is 6.67. The molecule has 0 saturated carbocycles. The van der Waals surface area contributed by atoms with Crippen molar-refractivity contribution in [1.29, 1.82) is 0 Å². The molecule has 4 aliphatic heterocycles. The lowest BCUT2D eigenvalue weighted by molar-refractivity contribution is -0.350. The summed E-state index contributed by atoms with van der Waals surface area (Å²) in [5.74, 6) is -2.59. The van der Waals surface area contributed by atoms with Crippen LogP contribution >= 0.6 is 0 Å². The van der Waals surface area contributed by atoms with Gasteiger partial charge in [-0.2, -0.15) is 0 Å². The van der Waals surface area contributed by atoms with Gasteiger partial charge in [-0.3, -0.25) is 14.4 Å². The molecule has 0 spiro atoms. The minimum absolute atomic E-state index is 0.0281. The van der Waals surface area contributed by atoms with Gasteiger partial charge in [0.05, 0.1) is 12.6 Å². The van der Waals surface area contributed by atoms with Crippen LogP contribution in [0, 0.1) is 11.8 Å². The van der Waals surface area contributed by atoms with Crippen molar-refractivity contribution in [2.24, 2.45) is 11.8 Å². The number of aliphatic hydroxyl groups excluding tert-OH is 1. The molecule has 0 aliphatic carbocycles. The fourth-order valence-electron chi connectivity index (χ4n) is 4.67. The highest BCUT2D eigenvalue weighted by atomic mass is 16.8. The number of ether oxygens (including phenoxy) is 3. The Morgan fingerprint density at radius 3 is 2.53 bits per heavy atom. The molecule has 4 heterocycles. The van der Waals surface area contributed by atoms with Gasteiger partial charge in [0, 0.05) is 11.8 Å². The highest BCUT2D eigenvalue weighted by molar-refractivity contribution is 6.25. The summed E-state index contributed by atoms with van der Waals surface area (Å²) in [6.45, 7) is 9.34. The van der Waals surface area contributed by atoms with Gasteiger partial charge in [-0.15, -0.1) is 0 Å². The Balaban J connectivity index is 1.51. The Labute approximate surface area is 174 Å². The largest absolute Gasteiger partial charge is 0.507 e. The summed E-state index contributed by atoms with van der Waals surface area (Å²) < 4.78 is 18.0. The molecular formula is C22H27NO7. The number of allylic oxidation sites excluding steroid dienone is 3. The van der Waals surface area contributed by atoms with E-state index in [-0.39, 0.29) is 41.6 Å². The average molecular weight is 417 g/mol. The van der Waals surface area contributed by atoms with Crippen molar-refractivity contribution in [3.8, 4) is 0 Å². The summed E-state index contributed by atoms with van der Waals surface area (Å²) in [6, 6.07) is 0. The Morgan fingerprint density at radius 2 is 1.90 bits per heavy atom. The molecule has 0 aromatic heterocycles. The average Bonchev–Trinajstić information content (AvgIpc) is 3.29. The molecule has 8 nitrogen and oxygen atoms in total. The lowest BCUT2D eigenvalue weighted by Gasteiger charge is -2.51. The van der Waals surface area contributed by atoms with Crippen LogP contribution in [-0.2, 0) is 28.6 Å². The number of aliphatic hydroxyl groups is 1. The van der Waals surface area contributed by atoms with Gasteiger partial charge in [0.2, 0.25) is 0 Å². The number of fused-ring (bicyclic) bond motifs is 4. The van der Waals surface area contributed by atoms with Crippen LogP contribution in [0.1, 0.15) is 34.6 Å². The third kappa shape index (κ3) is 3.05. The van der Waals surface area contributed by atoms with Crippen LogP contribution < -0.4 is 5.32 Å². The van der Waals surface area contributed by atoms with Gasteiger partial charge in [0.15, 0.2) is 29.1 Å². The second kappa shape index (κ2) is 6.87. The van der Waals surface area contributed by atoms with Crippen LogP contribution in [0.3, 0.4) is 0 Å². The number of rotatable bonds is 4. The first-order valence-corrected chi connectivity index (χ1v) is 10.2. The Hall–Kier alpha value is -2.29. The van der Waals surface area contributed by atoms with Crippen molar-refractivity contribution < 1.29 is 33.7 Å². The van der Waals surface area contributed by atoms with Crippen LogP contribution in [0.25, 0.3) is 0 Å². The lowest BCUT2D eigenvalue weighted by Crippen LogP contribution is -2.66. The van der Waals surface area contributed by atoms with Crippen LogP contribution in [0.2, 0.25) is 0 Å². The molecule has 30 heavy (non-hydrogen) atoms. The van der Waals surface area contributed by atoms with E-state index in [0.29, 0.717) is 0 Å². The molecule has 7 atom stereocenters. The minimum Gasteiger partial charge on any atom is -0.507 e. The fourth-order valence-corrected chi connectivity index (χ4v) is 4.67. The first-order chi connectivity index (χ1) is 14.0. The molecule has 2 N–H and O–H groups in total. The van der Waals surface area contributed by atoms with E-state index >= 15 is 0 Å². The first-order valence-electron chi connectivity index (χ1n) is 10.2. The number of Topliss-reactive ketones (excluding diaryl/α,β-unsaturated/α-hetero) is 2. The van der Waals surface area contributed by atoms with Crippen molar-refractivity contribution >= 4 is 17.5 Å². The van der Waals surface area contributed by atoms with Gasteiger partial charge in [-0.25, -0.2) is 0 Å². The van der Waals surface area contributed by atoms with Crippen LogP contribution in [0.5, 0.6) is 0 Å². The molecule has 4 saturated heterocycles.